The lowest BCUT2D eigenvalue weighted by molar-refractivity contribution is -0.496. The highest BCUT2D eigenvalue weighted by molar-refractivity contribution is 9.10. The van der Waals surface area contributed by atoms with Crippen LogP contribution in [0.4, 0.5) is 11.5 Å². The maximum atomic E-state index is 11.1. The van der Waals surface area contributed by atoms with Crippen molar-refractivity contribution in [1.82, 2.24) is 9.97 Å². The Bertz CT molecular complexity index is 850. The lowest BCUT2D eigenvalue weighted by atomic mass is 10.0. The van der Waals surface area contributed by atoms with Crippen molar-refractivity contribution >= 4 is 39.0 Å². The molecule has 0 radical (unpaired) electrons. The summed E-state index contributed by atoms with van der Waals surface area (Å²) in [6, 6.07) is 5.40. The van der Waals surface area contributed by atoms with E-state index in [2.05, 4.69) is 42.6 Å². The number of aromatic nitrogens is 2. The predicted octanol–water partition coefficient (Wildman–Crippen LogP) is 3.16. The van der Waals surface area contributed by atoms with Gasteiger partial charge in [-0.05, 0) is 47.0 Å². The minimum absolute atomic E-state index is 0.411. The van der Waals surface area contributed by atoms with Gasteiger partial charge in [-0.15, -0.1) is 0 Å². The number of anilines is 1. The van der Waals surface area contributed by atoms with Gasteiger partial charge < -0.3 is 15.6 Å². The fourth-order valence-electron chi connectivity index (χ4n) is 2.65. The van der Waals surface area contributed by atoms with E-state index in [0.29, 0.717) is 15.3 Å². The molecular formula is C18H16BrClN4O. The molecule has 0 bridgehead atoms. The third kappa shape index (κ3) is 4.39. The zero-order valence-electron chi connectivity index (χ0n) is 13.4. The Balaban J connectivity index is 1.66. The molecule has 1 fully saturated rings. The van der Waals surface area contributed by atoms with Gasteiger partial charge in [-0.25, -0.2) is 9.97 Å². The summed E-state index contributed by atoms with van der Waals surface area (Å²) < 4.78 is 0.717. The summed E-state index contributed by atoms with van der Waals surface area (Å²) in [4.78, 5) is 10.5. The molecular weight excluding hydrogens is 404 g/mol. The van der Waals surface area contributed by atoms with Crippen molar-refractivity contribution < 1.29 is 5.48 Å². The quantitative estimate of drug-likeness (QED) is 0.461. The molecule has 3 heterocycles. The molecule has 1 aliphatic heterocycles. The summed E-state index contributed by atoms with van der Waals surface area (Å²) >= 11 is 9.36. The van der Waals surface area contributed by atoms with Gasteiger partial charge in [0.25, 0.3) is 0 Å². The van der Waals surface area contributed by atoms with Crippen molar-refractivity contribution in [1.29, 1.82) is 0 Å². The normalized spacial score (nSPS) is 14.0. The number of nitrogens with two attached hydrogens (primary N) is 1. The number of halogens is 2. The van der Waals surface area contributed by atoms with Gasteiger partial charge in [0, 0.05) is 37.1 Å². The first-order valence-electron chi connectivity index (χ1n) is 7.83. The molecule has 25 heavy (non-hydrogen) atoms. The van der Waals surface area contributed by atoms with E-state index in [0.717, 1.165) is 42.8 Å². The van der Waals surface area contributed by atoms with Gasteiger partial charge in [0.05, 0.1) is 4.47 Å². The van der Waals surface area contributed by atoms with Gasteiger partial charge in [0.1, 0.15) is 5.15 Å². The lowest BCUT2D eigenvalue weighted by Crippen LogP contribution is -2.70. The fourth-order valence-corrected chi connectivity index (χ4v) is 3.14. The molecule has 0 aromatic carbocycles. The second kappa shape index (κ2) is 8.45. The molecule has 1 aliphatic rings. The number of hydrogen-bond donors (Lipinski definition) is 1. The minimum Gasteiger partial charge on any atom is -0.630 e. The van der Waals surface area contributed by atoms with E-state index in [9.17, 15) is 5.21 Å². The maximum Gasteiger partial charge on any atom is 0.191 e. The Morgan fingerprint density at radius 1 is 1.24 bits per heavy atom. The molecule has 7 heteroatoms. The number of allylic oxidation sites excluding steroid dienone is 1. The monoisotopic (exact) mass is 418 g/mol. The number of nitrogens with zero attached hydrogens (tertiary/aromatic N) is 3. The van der Waals surface area contributed by atoms with Gasteiger partial charge in [-0.1, -0.05) is 29.0 Å². The van der Waals surface area contributed by atoms with Crippen LogP contribution in [-0.2, 0) is 0 Å². The summed E-state index contributed by atoms with van der Waals surface area (Å²) in [5.41, 5.74) is 3.60. The molecule has 3 rings (SSSR count). The van der Waals surface area contributed by atoms with Gasteiger partial charge in [0.15, 0.2) is 11.5 Å². The van der Waals surface area contributed by atoms with Crippen LogP contribution in [0.5, 0.6) is 0 Å². The Labute approximate surface area is 159 Å². The van der Waals surface area contributed by atoms with Crippen LogP contribution in [0, 0.1) is 17.0 Å². The summed E-state index contributed by atoms with van der Waals surface area (Å²) in [7, 11) is 0. The minimum atomic E-state index is 0.411. The van der Waals surface area contributed by atoms with Crippen LogP contribution in [0.3, 0.4) is 0 Å². The highest BCUT2D eigenvalue weighted by Crippen LogP contribution is 2.25. The van der Waals surface area contributed by atoms with E-state index in [1.807, 2.05) is 12.1 Å². The first-order valence-corrected chi connectivity index (χ1v) is 9.00. The van der Waals surface area contributed by atoms with Crippen molar-refractivity contribution in [2.24, 2.45) is 0 Å². The van der Waals surface area contributed by atoms with Gasteiger partial charge in [0.2, 0.25) is 0 Å². The Morgan fingerprint density at radius 2 is 2.04 bits per heavy atom. The van der Waals surface area contributed by atoms with Crippen LogP contribution in [0.2, 0.25) is 5.15 Å². The van der Waals surface area contributed by atoms with Crippen molar-refractivity contribution in [2.75, 3.05) is 18.0 Å². The SMILES string of the molecule is [O-][NH2+]c1cccnc1N1CCC(=CC#Cc2ccnc(Cl)c2Br)CC1. The number of quaternary nitrogens is 1. The van der Waals surface area contributed by atoms with Gasteiger partial charge >= 0.3 is 0 Å². The van der Waals surface area contributed by atoms with E-state index in [4.69, 9.17) is 11.6 Å². The lowest BCUT2D eigenvalue weighted by Gasteiger charge is -2.29. The van der Waals surface area contributed by atoms with Crippen molar-refractivity contribution in [2.45, 2.75) is 12.8 Å². The Kier molecular flexibility index (Phi) is 6.05. The zero-order valence-corrected chi connectivity index (χ0v) is 15.7. The number of rotatable bonds is 2. The number of piperidine rings is 1. The van der Waals surface area contributed by atoms with Crippen LogP contribution in [0.1, 0.15) is 18.4 Å². The summed E-state index contributed by atoms with van der Waals surface area (Å²) in [6.07, 6.45) is 7.14. The predicted molar refractivity (Wildman–Crippen MR) is 103 cm³/mol. The van der Waals surface area contributed by atoms with E-state index < -0.39 is 0 Å². The van der Waals surface area contributed by atoms with Gasteiger partial charge in [-0.3, -0.25) is 0 Å². The molecule has 0 aliphatic carbocycles. The highest BCUT2D eigenvalue weighted by Gasteiger charge is 2.18. The van der Waals surface area contributed by atoms with Crippen molar-refractivity contribution in [3.8, 4) is 11.8 Å². The van der Waals surface area contributed by atoms with E-state index in [1.54, 1.807) is 24.5 Å². The summed E-state index contributed by atoms with van der Waals surface area (Å²) in [5, 5.41) is 11.6. The highest BCUT2D eigenvalue weighted by atomic mass is 79.9. The Morgan fingerprint density at radius 3 is 2.80 bits per heavy atom. The van der Waals surface area contributed by atoms with Crippen molar-refractivity contribution in [3.05, 3.63) is 62.6 Å². The molecule has 128 valence electrons. The third-order valence-corrected chi connectivity index (χ3v) is 5.30. The molecule has 0 spiro atoms. The largest absolute Gasteiger partial charge is 0.630 e. The summed E-state index contributed by atoms with van der Waals surface area (Å²) in [5.74, 6) is 6.95. The standard InChI is InChI=1S/C18H16BrClN4O/c19-16-14(6-10-21-17(16)20)4-1-3-13-7-11-24(12-8-13)18-15(23-25)5-2-9-22-18/h2-3,5-6,9-10H,7-8,11-12,23H2. The molecule has 0 saturated carbocycles. The Hall–Kier alpha value is -1.91. The summed E-state index contributed by atoms with van der Waals surface area (Å²) in [6.45, 7) is 1.66. The first kappa shape index (κ1) is 17.9. The van der Waals surface area contributed by atoms with E-state index in [1.165, 1.54) is 5.57 Å². The third-order valence-electron chi connectivity index (χ3n) is 3.98. The smallest absolute Gasteiger partial charge is 0.191 e. The van der Waals surface area contributed by atoms with Crippen LogP contribution < -0.4 is 10.4 Å². The molecule has 2 aromatic heterocycles. The molecule has 1 saturated heterocycles. The van der Waals surface area contributed by atoms with Crippen LogP contribution in [0.15, 0.2) is 46.7 Å². The second-order valence-electron chi connectivity index (χ2n) is 5.56. The molecule has 0 unspecified atom stereocenters. The van der Waals surface area contributed by atoms with E-state index >= 15 is 0 Å². The fraction of sp³-hybridized carbons (Fsp3) is 0.222. The molecule has 2 N–H and O–H groups in total. The number of pyridine rings is 2. The average Bonchev–Trinajstić information content (AvgIpc) is 2.66. The van der Waals surface area contributed by atoms with E-state index in [-0.39, 0.29) is 0 Å². The van der Waals surface area contributed by atoms with Crippen molar-refractivity contribution in [3.63, 3.8) is 0 Å². The average molecular weight is 420 g/mol. The molecule has 5 nitrogen and oxygen atoms in total. The molecule has 0 amide bonds. The second-order valence-corrected chi connectivity index (χ2v) is 6.71. The van der Waals surface area contributed by atoms with Crippen LogP contribution >= 0.6 is 27.5 Å². The maximum absolute atomic E-state index is 11.1. The first-order chi connectivity index (χ1) is 12.2. The van der Waals surface area contributed by atoms with Crippen LogP contribution in [-0.4, -0.2) is 23.1 Å². The zero-order chi connectivity index (χ0) is 17.6. The van der Waals surface area contributed by atoms with Gasteiger partial charge in [-0.2, -0.15) is 0 Å². The number of hydrogen-bond acceptors (Lipinski definition) is 4. The van der Waals surface area contributed by atoms with Crippen LogP contribution in [0.25, 0.3) is 0 Å². The molecule has 0 atom stereocenters. The molecule has 2 aromatic rings. The topological polar surface area (TPSA) is 68.7 Å².